The standard InChI is InChI=1S/C12H18N4O/c1-8(5-4-6-17)14-12-11(7-13)9(2)10(3)15-16-12/h8,17H,4-6H2,1-3H3,(H,14,16). The number of anilines is 1. The van der Waals surface area contributed by atoms with E-state index in [-0.39, 0.29) is 12.6 Å². The lowest BCUT2D eigenvalue weighted by atomic mass is 10.1. The van der Waals surface area contributed by atoms with Crippen molar-refractivity contribution < 1.29 is 5.11 Å². The quantitative estimate of drug-likeness (QED) is 0.807. The van der Waals surface area contributed by atoms with E-state index >= 15 is 0 Å². The summed E-state index contributed by atoms with van der Waals surface area (Å²) in [4.78, 5) is 0. The van der Waals surface area contributed by atoms with E-state index in [1.165, 1.54) is 0 Å². The molecule has 0 radical (unpaired) electrons. The van der Waals surface area contributed by atoms with Gasteiger partial charge in [0.15, 0.2) is 5.82 Å². The number of hydrogen-bond donors (Lipinski definition) is 2. The average molecular weight is 234 g/mol. The number of hydrogen-bond acceptors (Lipinski definition) is 5. The number of aliphatic hydroxyl groups excluding tert-OH is 1. The van der Waals surface area contributed by atoms with Crippen molar-refractivity contribution in [3.63, 3.8) is 0 Å². The molecule has 0 spiro atoms. The third-order valence-electron chi connectivity index (χ3n) is 2.74. The van der Waals surface area contributed by atoms with Crippen molar-refractivity contribution in [1.29, 1.82) is 5.26 Å². The van der Waals surface area contributed by atoms with Gasteiger partial charge in [-0.25, -0.2) is 0 Å². The minimum atomic E-state index is 0.158. The second-order valence-electron chi connectivity index (χ2n) is 4.16. The molecule has 0 aliphatic heterocycles. The van der Waals surface area contributed by atoms with Crippen LogP contribution in [0, 0.1) is 25.2 Å². The molecule has 5 heteroatoms. The number of aromatic nitrogens is 2. The highest BCUT2D eigenvalue weighted by Crippen LogP contribution is 2.18. The minimum Gasteiger partial charge on any atom is -0.396 e. The van der Waals surface area contributed by atoms with Gasteiger partial charge in [0.05, 0.1) is 5.69 Å². The number of nitrogens with one attached hydrogen (secondary N) is 1. The summed E-state index contributed by atoms with van der Waals surface area (Å²) in [7, 11) is 0. The SMILES string of the molecule is Cc1nnc(NC(C)CCCO)c(C#N)c1C. The van der Waals surface area contributed by atoms with Gasteiger partial charge in [-0.05, 0) is 39.2 Å². The van der Waals surface area contributed by atoms with E-state index in [1.807, 2.05) is 20.8 Å². The zero-order valence-corrected chi connectivity index (χ0v) is 10.5. The Labute approximate surface area is 101 Å². The summed E-state index contributed by atoms with van der Waals surface area (Å²) in [5, 5.41) is 29.0. The molecule has 17 heavy (non-hydrogen) atoms. The van der Waals surface area contributed by atoms with Crippen molar-refractivity contribution in [3.05, 3.63) is 16.8 Å². The fourth-order valence-corrected chi connectivity index (χ4v) is 1.55. The first kappa shape index (κ1) is 13.4. The van der Waals surface area contributed by atoms with Crippen molar-refractivity contribution in [2.75, 3.05) is 11.9 Å². The monoisotopic (exact) mass is 234 g/mol. The lowest BCUT2D eigenvalue weighted by molar-refractivity contribution is 0.282. The summed E-state index contributed by atoms with van der Waals surface area (Å²) in [5.41, 5.74) is 2.18. The third-order valence-corrected chi connectivity index (χ3v) is 2.74. The number of rotatable bonds is 5. The molecule has 1 atom stereocenters. The van der Waals surface area contributed by atoms with Crippen LogP contribution in [0.25, 0.3) is 0 Å². The Morgan fingerprint density at radius 2 is 2.12 bits per heavy atom. The molecule has 2 N–H and O–H groups in total. The normalized spacial score (nSPS) is 11.9. The molecule has 0 bridgehead atoms. The average Bonchev–Trinajstić information content (AvgIpc) is 2.32. The zero-order valence-electron chi connectivity index (χ0n) is 10.5. The fourth-order valence-electron chi connectivity index (χ4n) is 1.55. The maximum atomic E-state index is 9.11. The molecule has 1 heterocycles. The van der Waals surface area contributed by atoms with Gasteiger partial charge in [-0.2, -0.15) is 10.4 Å². The molecular weight excluding hydrogens is 216 g/mol. The van der Waals surface area contributed by atoms with E-state index in [1.54, 1.807) is 0 Å². The van der Waals surface area contributed by atoms with Gasteiger partial charge in [0.25, 0.3) is 0 Å². The van der Waals surface area contributed by atoms with Crippen LogP contribution in [0.1, 0.15) is 36.6 Å². The first-order valence-corrected chi connectivity index (χ1v) is 5.71. The molecule has 0 amide bonds. The molecule has 5 nitrogen and oxygen atoms in total. The van der Waals surface area contributed by atoms with Gasteiger partial charge < -0.3 is 10.4 Å². The Balaban J connectivity index is 2.85. The van der Waals surface area contributed by atoms with Crippen LogP contribution in [0.4, 0.5) is 5.82 Å². The Kier molecular flexibility index (Phi) is 4.85. The van der Waals surface area contributed by atoms with Crippen LogP contribution in [0.15, 0.2) is 0 Å². The summed E-state index contributed by atoms with van der Waals surface area (Å²) in [6, 6.07) is 2.31. The molecule has 0 saturated carbocycles. The Bertz CT molecular complexity index is 425. The van der Waals surface area contributed by atoms with Crippen LogP contribution in [0.3, 0.4) is 0 Å². The molecule has 0 aliphatic rings. The maximum absolute atomic E-state index is 9.11. The summed E-state index contributed by atoms with van der Waals surface area (Å²) in [6.45, 7) is 5.87. The van der Waals surface area contributed by atoms with Gasteiger partial charge in [0.1, 0.15) is 11.6 Å². The van der Waals surface area contributed by atoms with Gasteiger partial charge in [-0.3, -0.25) is 0 Å². The van der Waals surface area contributed by atoms with Gasteiger partial charge in [0.2, 0.25) is 0 Å². The number of nitriles is 1. The molecule has 1 unspecified atom stereocenters. The summed E-state index contributed by atoms with van der Waals surface area (Å²) >= 11 is 0. The van der Waals surface area contributed by atoms with Crippen LogP contribution in [0.5, 0.6) is 0 Å². The zero-order chi connectivity index (χ0) is 12.8. The molecule has 0 aromatic carbocycles. The second kappa shape index (κ2) is 6.16. The number of nitrogens with zero attached hydrogens (tertiary/aromatic N) is 3. The van der Waals surface area contributed by atoms with Gasteiger partial charge >= 0.3 is 0 Å². The van der Waals surface area contributed by atoms with Gasteiger partial charge in [-0.15, -0.1) is 5.10 Å². The lowest BCUT2D eigenvalue weighted by Crippen LogP contribution is -2.18. The third kappa shape index (κ3) is 3.40. The van der Waals surface area contributed by atoms with Gasteiger partial charge in [-0.1, -0.05) is 0 Å². The maximum Gasteiger partial charge on any atom is 0.167 e. The summed E-state index contributed by atoms with van der Waals surface area (Å²) < 4.78 is 0. The van der Waals surface area contributed by atoms with Crippen molar-refractivity contribution in [1.82, 2.24) is 10.2 Å². The Morgan fingerprint density at radius 1 is 1.41 bits per heavy atom. The van der Waals surface area contributed by atoms with Crippen LogP contribution in [-0.2, 0) is 0 Å². The minimum absolute atomic E-state index is 0.158. The molecule has 1 rings (SSSR count). The highest BCUT2D eigenvalue weighted by atomic mass is 16.2. The molecule has 0 saturated heterocycles. The topological polar surface area (TPSA) is 81.8 Å². The van der Waals surface area contributed by atoms with Crippen molar-refractivity contribution in [2.45, 2.75) is 39.7 Å². The molecule has 1 aromatic rings. The summed E-state index contributed by atoms with van der Waals surface area (Å²) in [5.74, 6) is 0.529. The van der Waals surface area contributed by atoms with Crippen molar-refractivity contribution >= 4 is 5.82 Å². The van der Waals surface area contributed by atoms with E-state index in [0.29, 0.717) is 11.4 Å². The predicted octanol–water partition coefficient (Wildman–Crippen LogP) is 1.54. The highest BCUT2D eigenvalue weighted by Gasteiger charge is 2.12. The highest BCUT2D eigenvalue weighted by molar-refractivity contribution is 5.56. The molecule has 1 aromatic heterocycles. The summed E-state index contributed by atoms with van der Waals surface area (Å²) in [6.07, 6.45) is 1.56. The Morgan fingerprint density at radius 3 is 2.71 bits per heavy atom. The van der Waals surface area contributed by atoms with E-state index < -0.39 is 0 Å². The molecule has 92 valence electrons. The molecule has 0 aliphatic carbocycles. The van der Waals surface area contributed by atoms with E-state index in [9.17, 15) is 0 Å². The fraction of sp³-hybridized carbons (Fsp3) is 0.583. The lowest BCUT2D eigenvalue weighted by Gasteiger charge is -2.15. The van der Waals surface area contributed by atoms with Crippen LogP contribution < -0.4 is 5.32 Å². The van der Waals surface area contributed by atoms with E-state index in [2.05, 4.69) is 21.6 Å². The van der Waals surface area contributed by atoms with E-state index in [0.717, 1.165) is 24.1 Å². The molecule has 0 fully saturated rings. The molecular formula is C12H18N4O. The first-order valence-electron chi connectivity index (χ1n) is 5.71. The number of aliphatic hydroxyl groups is 1. The Hall–Kier alpha value is -1.67. The van der Waals surface area contributed by atoms with Crippen LogP contribution >= 0.6 is 0 Å². The van der Waals surface area contributed by atoms with Crippen LogP contribution in [0.2, 0.25) is 0 Å². The van der Waals surface area contributed by atoms with Gasteiger partial charge in [0, 0.05) is 12.6 Å². The van der Waals surface area contributed by atoms with Crippen molar-refractivity contribution in [3.8, 4) is 6.07 Å². The first-order chi connectivity index (χ1) is 8.10. The predicted molar refractivity (Wildman–Crippen MR) is 65.6 cm³/mol. The van der Waals surface area contributed by atoms with Crippen LogP contribution in [-0.4, -0.2) is 28.0 Å². The van der Waals surface area contributed by atoms with Crippen molar-refractivity contribution in [2.24, 2.45) is 0 Å². The smallest absolute Gasteiger partial charge is 0.167 e. The second-order valence-corrected chi connectivity index (χ2v) is 4.16. The van der Waals surface area contributed by atoms with E-state index in [4.69, 9.17) is 10.4 Å². The number of aryl methyl sites for hydroxylation is 1. The largest absolute Gasteiger partial charge is 0.396 e.